The van der Waals surface area contributed by atoms with Crippen LogP contribution in [0.4, 0.5) is 0 Å². The van der Waals surface area contributed by atoms with Crippen molar-refractivity contribution >= 4 is 38.9 Å². The molecule has 1 aliphatic heterocycles. The Morgan fingerprint density at radius 1 is 1.13 bits per heavy atom. The highest BCUT2D eigenvalue weighted by atomic mass is 35.5. The molecule has 2 aromatic heterocycles. The fourth-order valence-electron chi connectivity index (χ4n) is 4.48. The van der Waals surface area contributed by atoms with E-state index in [1.807, 2.05) is 42.6 Å². The molecular weight excluding hydrogens is 544 g/mol. The summed E-state index contributed by atoms with van der Waals surface area (Å²) >= 11 is 7.64. The van der Waals surface area contributed by atoms with E-state index in [4.69, 9.17) is 20.8 Å². The van der Waals surface area contributed by atoms with Crippen LogP contribution in [-0.2, 0) is 27.8 Å². The quantitative estimate of drug-likeness (QED) is 0.258. The molecule has 7 nitrogen and oxygen atoms in total. The summed E-state index contributed by atoms with van der Waals surface area (Å²) in [6, 6.07) is 18.7. The number of aryl methyl sites for hydroxylation is 1. The van der Waals surface area contributed by atoms with Gasteiger partial charge in [0.15, 0.2) is 0 Å². The molecule has 1 aliphatic rings. The van der Waals surface area contributed by atoms with Crippen molar-refractivity contribution < 1.29 is 22.4 Å². The molecule has 4 aromatic rings. The van der Waals surface area contributed by atoms with E-state index in [0.29, 0.717) is 23.7 Å². The lowest BCUT2D eigenvalue weighted by atomic mass is 10.0. The molecule has 0 N–H and O–H groups in total. The molecule has 198 valence electrons. The van der Waals surface area contributed by atoms with Gasteiger partial charge in [-0.25, -0.2) is 8.42 Å². The number of rotatable bonds is 9. The maximum absolute atomic E-state index is 13.8. The second-order valence-electron chi connectivity index (χ2n) is 9.08. The second-order valence-corrected chi connectivity index (χ2v) is 12.5. The average Bonchev–Trinajstić information content (AvgIpc) is 3.60. The molecule has 5 rings (SSSR count). The highest BCUT2D eigenvalue weighted by Crippen LogP contribution is 2.34. The Kier molecular flexibility index (Phi) is 7.90. The van der Waals surface area contributed by atoms with Crippen molar-refractivity contribution in [2.24, 2.45) is 0 Å². The lowest BCUT2D eigenvalue weighted by molar-refractivity contribution is -0.135. The predicted molar refractivity (Wildman–Crippen MR) is 147 cm³/mol. The summed E-state index contributed by atoms with van der Waals surface area (Å²) in [4.78, 5) is 16.8. The first-order chi connectivity index (χ1) is 18.3. The Hall–Kier alpha value is -3.11. The Morgan fingerprint density at radius 3 is 2.61 bits per heavy atom. The monoisotopic (exact) mass is 570 g/mol. The third kappa shape index (κ3) is 5.81. The fourth-order valence-corrected chi connectivity index (χ4v) is 6.89. The van der Waals surface area contributed by atoms with Gasteiger partial charge >= 0.3 is 0 Å². The van der Waals surface area contributed by atoms with Crippen LogP contribution in [0.5, 0.6) is 5.75 Å². The minimum Gasteiger partial charge on any atom is -0.491 e. The zero-order chi connectivity index (χ0) is 26.7. The number of fused-ring (bicyclic) bond motifs is 1. The second kappa shape index (κ2) is 11.3. The van der Waals surface area contributed by atoms with Crippen molar-refractivity contribution in [3.05, 3.63) is 105 Å². The maximum atomic E-state index is 13.8. The number of carbonyl (C=O) groups excluding carboxylic acids is 1. The SMILES string of the molecule is Cc1ccc(OCC2c3ccsc3CCN2C(=O)CN(Cc2ccco2)S(=O)(=O)c2ccc(Cl)cc2)cc1. The number of sulfonamides is 1. The molecule has 0 saturated carbocycles. The Morgan fingerprint density at radius 2 is 1.89 bits per heavy atom. The molecule has 1 amide bonds. The Balaban J connectivity index is 1.40. The van der Waals surface area contributed by atoms with E-state index in [0.717, 1.165) is 21.2 Å². The van der Waals surface area contributed by atoms with Gasteiger partial charge in [-0.05, 0) is 78.9 Å². The van der Waals surface area contributed by atoms with Gasteiger partial charge in [0.25, 0.3) is 0 Å². The van der Waals surface area contributed by atoms with Gasteiger partial charge in [-0.1, -0.05) is 29.3 Å². The molecule has 0 fully saturated rings. The van der Waals surface area contributed by atoms with Gasteiger partial charge < -0.3 is 14.1 Å². The van der Waals surface area contributed by atoms with E-state index in [2.05, 4.69) is 0 Å². The third-order valence-electron chi connectivity index (χ3n) is 6.52. The lowest BCUT2D eigenvalue weighted by Gasteiger charge is -2.37. The number of hydrogen-bond acceptors (Lipinski definition) is 6. The van der Waals surface area contributed by atoms with Crippen molar-refractivity contribution in [2.75, 3.05) is 19.7 Å². The largest absolute Gasteiger partial charge is 0.491 e. The van der Waals surface area contributed by atoms with Gasteiger partial charge in [-0.3, -0.25) is 4.79 Å². The number of furan rings is 1. The summed E-state index contributed by atoms with van der Waals surface area (Å²) in [5.74, 6) is 0.854. The van der Waals surface area contributed by atoms with Crippen molar-refractivity contribution in [1.29, 1.82) is 0 Å². The molecule has 1 atom stereocenters. The molecule has 0 aliphatic carbocycles. The van der Waals surface area contributed by atoms with Crippen molar-refractivity contribution in [3.8, 4) is 5.75 Å². The summed E-state index contributed by atoms with van der Waals surface area (Å²) < 4.78 is 39.9. The summed E-state index contributed by atoms with van der Waals surface area (Å²) in [6.45, 7) is 2.33. The Bertz CT molecular complexity index is 1480. The van der Waals surface area contributed by atoms with E-state index >= 15 is 0 Å². The van der Waals surface area contributed by atoms with Crippen LogP contribution in [0.1, 0.15) is 27.8 Å². The summed E-state index contributed by atoms with van der Waals surface area (Å²) in [5.41, 5.74) is 2.17. The van der Waals surface area contributed by atoms with E-state index in [-0.39, 0.29) is 36.5 Å². The van der Waals surface area contributed by atoms with Crippen LogP contribution in [0.25, 0.3) is 0 Å². The molecular formula is C28H27ClN2O5S2. The normalized spacial score (nSPS) is 15.4. The number of benzene rings is 2. The molecule has 3 heterocycles. The number of ether oxygens (including phenoxy) is 1. The van der Waals surface area contributed by atoms with Gasteiger partial charge in [-0.15, -0.1) is 11.3 Å². The molecule has 0 bridgehead atoms. The number of amides is 1. The van der Waals surface area contributed by atoms with E-state index in [1.165, 1.54) is 35.4 Å². The third-order valence-corrected chi connectivity index (χ3v) is 9.57. The zero-order valence-corrected chi connectivity index (χ0v) is 23.1. The number of nitrogens with zero attached hydrogens (tertiary/aromatic N) is 2. The number of hydrogen-bond donors (Lipinski definition) is 0. The minimum absolute atomic E-state index is 0.0549. The fraction of sp³-hybridized carbons (Fsp3) is 0.250. The van der Waals surface area contributed by atoms with Crippen LogP contribution in [0.3, 0.4) is 0 Å². The summed E-state index contributed by atoms with van der Waals surface area (Å²) in [6.07, 6.45) is 2.19. The number of carbonyl (C=O) groups is 1. The first kappa shape index (κ1) is 26.5. The standard InChI is InChI=1S/C28H27ClN2O5S2/c1-20-4-8-22(9-5-20)36-19-26-25-13-16-37-27(25)12-14-31(26)28(32)18-30(17-23-3-2-15-35-23)38(33,34)24-10-6-21(29)7-11-24/h2-11,13,15-16,26H,12,14,17-19H2,1H3. The molecule has 1 unspecified atom stereocenters. The van der Waals surface area contributed by atoms with Crippen LogP contribution >= 0.6 is 22.9 Å². The number of thiophene rings is 1. The van der Waals surface area contributed by atoms with Gasteiger partial charge in [-0.2, -0.15) is 4.31 Å². The zero-order valence-electron chi connectivity index (χ0n) is 20.7. The first-order valence-electron chi connectivity index (χ1n) is 12.1. The molecule has 10 heteroatoms. The lowest BCUT2D eigenvalue weighted by Crippen LogP contribution is -2.47. The van der Waals surface area contributed by atoms with Crippen LogP contribution in [0.15, 0.2) is 87.7 Å². The van der Waals surface area contributed by atoms with Crippen LogP contribution in [0, 0.1) is 6.92 Å². The highest BCUT2D eigenvalue weighted by molar-refractivity contribution is 7.89. The Labute approximate surface area is 231 Å². The molecule has 0 radical (unpaired) electrons. The molecule has 2 aromatic carbocycles. The molecule has 0 saturated heterocycles. The summed E-state index contributed by atoms with van der Waals surface area (Å²) in [5, 5.41) is 2.44. The van der Waals surface area contributed by atoms with Gasteiger partial charge in [0.2, 0.25) is 15.9 Å². The maximum Gasteiger partial charge on any atom is 0.243 e. The molecule has 0 spiro atoms. The highest BCUT2D eigenvalue weighted by Gasteiger charge is 2.35. The number of halogens is 1. The minimum atomic E-state index is -4.02. The van der Waals surface area contributed by atoms with Crippen molar-refractivity contribution in [1.82, 2.24) is 9.21 Å². The van der Waals surface area contributed by atoms with Crippen LogP contribution < -0.4 is 4.74 Å². The predicted octanol–water partition coefficient (Wildman–Crippen LogP) is 5.70. The van der Waals surface area contributed by atoms with Crippen LogP contribution in [-0.4, -0.2) is 43.2 Å². The smallest absolute Gasteiger partial charge is 0.243 e. The van der Waals surface area contributed by atoms with E-state index in [9.17, 15) is 13.2 Å². The first-order valence-corrected chi connectivity index (χ1v) is 14.8. The average molecular weight is 571 g/mol. The van der Waals surface area contributed by atoms with E-state index in [1.54, 1.807) is 28.4 Å². The van der Waals surface area contributed by atoms with Crippen LogP contribution in [0.2, 0.25) is 5.02 Å². The molecule has 38 heavy (non-hydrogen) atoms. The summed E-state index contributed by atoms with van der Waals surface area (Å²) in [7, 11) is -4.02. The van der Waals surface area contributed by atoms with Crippen molar-refractivity contribution in [2.45, 2.75) is 30.8 Å². The van der Waals surface area contributed by atoms with Gasteiger partial charge in [0.05, 0.1) is 30.3 Å². The topological polar surface area (TPSA) is 80.1 Å². The van der Waals surface area contributed by atoms with Crippen molar-refractivity contribution in [3.63, 3.8) is 0 Å². The van der Waals surface area contributed by atoms with Gasteiger partial charge in [0.1, 0.15) is 18.1 Å². The van der Waals surface area contributed by atoms with Gasteiger partial charge in [0, 0.05) is 16.4 Å². The van der Waals surface area contributed by atoms with E-state index < -0.39 is 10.0 Å².